The van der Waals surface area contributed by atoms with E-state index in [1.165, 1.54) is 36.1 Å². The van der Waals surface area contributed by atoms with Gasteiger partial charge in [0.1, 0.15) is 15.0 Å². The lowest BCUT2D eigenvalue weighted by Crippen LogP contribution is -2.32. The van der Waals surface area contributed by atoms with E-state index in [2.05, 4.69) is 0 Å². The Kier molecular flexibility index (Phi) is 6.74. The van der Waals surface area contributed by atoms with Gasteiger partial charge in [-0.05, 0) is 36.3 Å². The van der Waals surface area contributed by atoms with Gasteiger partial charge in [-0.2, -0.15) is 8.42 Å². The number of amides is 1. The average Bonchev–Trinajstić information content (AvgIpc) is 2.97. The van der Waals surface area contributed by atoms with Gasteiger partial charge in [-0.25, -0.2) is 0 Å². The zero-order chi connectivity index (χ0) is 22.8. The van der Waals surface area contributed by atoms with Crippen LogP contribution >= 0.6 is 24.0 Å². The smallest absolute Gasteiger partial charge is 0.339 e. The summed E-state index contributed by atoms with van der Waals surface area (Å²) in [5, 5.41) is 11.0. The second-order valence-electron chi connectivity index (χ2n) is 6.44. The van der Waals surface area contributed by atoms with E-state index < -0.39 is 15.0 Å². The molecule has 0 radical (unpaired) electrons. The van der Waals surface area contributed by atoms with Crippen molar-refractivity contribution in [3.8, 4) is 5.75 Å². The Morgan fingerprint density at radius 2 is 1.94 bits per heavy atom. The van der Waals surface area contributed by atoms with E-state index in [9.17, 15) is 23.3 Å². The Balaban J connectivity index is 1.80. The molecule has 0 unspecified atom stereocenters. The summed E-state index contributed by atoms with van der Waals surface area (Å²) in [6, 6.07) is 9.55. The fraction of sp³-hybridized carbons (Fsp3) is 0.158. The maximum absolute atomic E-state index is 12.6. The zero-order valence-corrected chi connectivity index (χ0v) is 18.6. The van der Waals surface area contributed by atoms with Crippen molar-refractivity contribution in [2.75, 3.05) is 13.1 Å². The molecule has 0 spiro atoms. The largest absolute Gasteiger partial charge is 0.379 e. The lowest BCUT2D eigenvalue weighted by Gasteiger charge is -2.11. The number of nitro groups is 1. The molecule has 1 heterocycles. The van der Waals surface area contributed by atoms with Gasteiger partial charge >= 0.3 is 10.1 Å². The molecule has 3 rings (SSSR count). The number of hydrogen-bond acceptors (Lipinski definition) is 9. The lowest BCUT2D eigenvalue weighted by atomic mass is 10.2. The van der Waals surface area contributed by atoms with Crippen LogP contribution in [0.2, 0.25) is 0 Å². The highest BCUT2D eigenvalue weighted by atomic mass is 32.2. The fourth-order valence-electron chi connectivity index (χ4n) is 2.74. The highest BCUT2D eigenvalue weighted by molar-refractivity contribution is 8.26. The number of carbonyl (C=O) groups excluding carboxylic acids is 1. The van der Waals surface area contributed by atoms with Crippen LogP contribution in [-0.4, -0.2) is 41.6 Å². The number of thioether (sulfide) groups is 1. The monoisotopic (exact) mass is 479 g/mol. The molecule has 162 valence electrons. The highest BCUT2D eigenvalue weighted by Gasteiger charge is 2.31. The van der Waals surface area contributed by atoms with E-state index in [0.717, 1.165) is 17.8 Å². The second-order valence-corrected chi connectivity index (χ2v) is 9.63. The molecule has 0 aromatic heterocycles. The molecule has 2 aromatic carbocycles. The minimum absolute atomic E-state index is 0.0266. The van der Waals surface area contributed by atoms with Crippen LogP contribution in [0.4, 0.5) is 5.69 Å². The second kappa shape index (κ2) is 9.14. The van der Waals surface area contributed by atoms with E-state index in [4.69, 9.17) is 22.1 Å². The topological polar surface area (TPSA) is 133 Å². The van der Waals surface area contributed by atoms with Crippen molar-refractivity contribution in [2.24, 2.45) is 5.73 Å². The van der Waals surface area contributed by atoms with Crippen molar-refractivity contribution in [3.05, 3.63) is 68.6 Å². The molecule has 9 nitrogen and oxygen atoms in total. The Labute approximate surface area is 188 Å². The summed E-state index contributed by atoms with van der Waals surface area (Å²) >= 11 is 6.35. The van der Waals surface area contributed by atoms with Crippen LogP contribution in [0.5, 0.6) is 5.75 Å². The number of thiocarbonyl (C=S) groups is 1. The van der Waals surface area contributed by atoms with Crippen LogP contribution < -0.4 is 9.92 Å². The molecule has 1 fully saturated rings. The SMILES string of the molecule is Cc1ccc([N+](=O)[O-])cc1S(=O)(=O)Oc1ccc(C=C2SC(=S)N(CCN)C2=O)cc1. The van der Waals surface area contributed by atoms with E-state index in [1.54, 1.807) is 18.2 Å². The molecule has 31 heavy (non-hydrogen) atoms. The molecule has 1 amide bonds. The first kappa shape index (κ1) is 22.9. The third-order valence-electron chi connectivity index (χ3n) is 4.26. The summed E-state index contributed by atoms with van der Waals surface area (Å²) < 4.78 is 30.8. The summed E-state index contributed by atoms with van der Waals surface area (Å²) in [5.41, 5.74) is 6.11. The molecule has 1 aliphatic rings. The van der Waals surface area contributed by atoms with Gasteiger partial charge in [-0.1, -0.05) is 42.2 Å². The van der Waals surface area contributed by atoms with Crippen LogP contribution in [0, 0.1) is 17.0 Å². The number of nitro benzene ring substituents is 1. The first-order valence-corrected chi connectivity index (χ1v) is 11.5. The summed E-state index contributed by atoms with van der Waals surface area (Å²) in [6.45, 7) is 2.15. The molecule has 0 saturated carbocycles. The molecule has 0 bridgehead atoms. The molecule has 2 aromatic rings. The number of non-ortho nitro benzene ring substituents is 1. The van der Waals surface area contributed by atoms with Crippen molar-refractivity contribution >= 4 is 56.1 Å². The quantitative estimate of drug-likeness (QED) is 0.209. The number of hydrogen-bond donors (Lipinski definition) is 1. The third kappa shape index (κ3) is 5.10. The molecule has 1 saturated heterocycles. The Morgan fingerprint density at radius 3 is 2.55 bits per heavy atom. The number of nitrogens with zero attached hydrogens (tertiary/aromatic N) is 2. The summed E-state index contributed by atoms with van der Waals surface area (Å²) in [7, 11) is -4.28. The number of nitrogens with two attached hydrogens (primary N) is 1. The summed E-state index contributed by atoms with van der Waals surface area (Å²) in [5.74, 6) is -0.205. The molecule has 0 aliphatic carbocycles. The number of carbonyl (C=O) groups is 1. The van der Waals surface area contributed by atoms with Crippen molar-refractivity contribution in [1.29, 1.82) is 0 Å². The number of rotatable bonds is 7. The minimum atomic E-state index is -4.28. The van der Waals surface area contributed by atoms with Crippen molar-refractivity contribution in [3.63, 3.8) is 0 Å². The van der Waals surface area contributed by atoms with Gasteiger partial charge in [0, 0.05) is 25.2 Å². The lowest BCUT2D eigenvalue weighted by molar-refractivity contribution is -0.385. The van der Waals surface area contributed by atoms with E-state index >= 15 is 0 Å². The van der Waals surface area contributed by atoms with Crippen LogP contribution in [0.3, 0.4) is 0 Å². The third-order valence-corrected chi connectivity index (χ3v) is 7.03. The normalized spacial score (nSPS) is 15.5. The van der Waals surface area contributed by atoms with Crippen LogP contribution in [0.25, 0.3) is 6.08 Å². The van der Waals surface area contributed by atoms with E-state index in [-0.39, 0.29) is 22.2 Å². The van der Waals surface area contributed by atoms with Gasteiger partial charge in [-0.15, -0.1) is 0 Å². The fourth-order valence-corrected chi connectivity index (χ4v) is 5.23. The first-order chi connectivity index (χ1) is 14.6. The molecule has 2 N–H and O–H groups in total. The standard InChI is InChI=1S/C19H17N3O6S3/c1-12-2-5-14(22(24)25)11-17(12)31(26,27)28-15-6-3-13(4-7-15)10-16-18(23)21(9-8-20)19(29)30-16/h2-7,10-11H,8-9,20H2,1H3. The van der Waals surface area contributed by atoms with Crippen LogP contribution in [0.15, 0.2) is 52.3 Å². The maximum atomic E-state index is 12.6. The number of aryl methyl sites for hydroxylation is 1. The first-order valence-electron chi connectivity index (χ1n) is 8.87. The van der Waals surface area contributed by atoms with Gasteiger partial charge in [-0.3, -0.25) is 19.8 Å². The van der Waals surface area contributed by atoms with Gasteiger partial charge in [0.15, 0.2) is 0 Å². The van der Waals surface area contributed by atoms with Gasteiger partial charge < -0.3 is 9.92 Å². The Bertz CT molecular complexity index is 1190. The van der Waals surface area contributed by atoms with Crippen molar-refractivity contribution in [2.45, 2.75) is 11.8 Å². The van der Waals surface area contributed by atoms with Crippen LogP contribution in [-0.2, 0) is 14.9 Å². The predicted octanol–water partition coefficient (Wildman–Crippen LogP) is 2.83. The molecule has 1 aliphatic heterocycles. The Hall–Kier alpha value is -2.80. The number of benzene rings is 2. The zero-order valence-electron chi connectivity index (χ0n) is 16.2. The van der Waals surface area contributed by atoms with Crippen molar-refractivity contribution < 1.29 is 22.3 Å². The van der Waals surface area contributed by atoms with E-state index in [0.29, 0.717) is 33.4 Å². The molecule has 0 atom stereocenters. The highest BCUT2D eigenvalue weighted by Crippen LogP contribution is 2.32. The maximum Gasteiger partial charge on any atom is 0.339 e. The predicted molar refractivity (Wildman–Crippen MR) is 121 cm³/mol. The minimum Gasteiger partial charge on any atom is -0.379 e. The Morgan fingerprint density at radius 1 is 1.26 bits per heavy atom. The van der Waals surface area contributed by atoms with E-state index in [1.807, 2.05) is 0 Å². The van der Waals surface area contributed by atoms with Crippen LogP contribution in [0.1, 0.15) is 11.1 Å². The van der Waals surface area contributed by atoms with Crippen molar-refractivity contribution in [1.82, 2.24) is 4.90 Å². The van der Waals surface area contributed by atoms with Gasteiger partial charge in [0.2, 0.25) is 0 Å². The molecular formula is C19H17N3O6S3. The summed E-state index contributed by atoms with van der Waals surface area (Å²) in [4.78, 5) is 24.2. The molecule has 12 heteroatoms. The average molecular weight is 480 g/mol. The molecular weight excluding hydrogens is 462 g/mol. The van der Waals surface area contributed by atoms with Gasteiger partial charge in [0.25, 0.3) is 11.6 Å². The van der Waals surface area contributed by atoms with Gasteiger partial charge in [0.05, 0.1) is 9.83 Å². The summed E-state index contributed by atoms with van der Waals surface area (Å²) in [6.07, 6.45) is 1.64.